The van der Waals surface area contributed by atoms with E-state index in [-0.39, 0.29) is 70.7 Å². The summed E-state index contributed by atoms with van der Waals surface area (Å²) < 4.78 is 93.1. The fourth-order valence-electron chi connectivity index (χ4n) is 6.92. The van der Waals surface area contributed by atoms with Crippen molar-refractivity contribution in [3.63, 3.8) is 0 Å². The zero-order valence-electron chi connectivity index (χ0n) is 33.5. The Kier molecular flexibility index (Phi) is 32.8. The molecule has 6 heterocycles. The van der Waals surface area contributed by atoms with Crippen LogP contribution in [0.1, 0.15) is 54.4 Å². The normalized spacial score (nSPS) is 28.6. The number of esters is 4. The number of ether oxygens (including phenoxy) is 6. The molecular weight excluding hydrogens is 1340 g/mol. The zero-order chi connectivity index (χ0) is 43.1. The van der Waals surface area contributed by atoms with Crippen LogP contribution in [0.5, 0.6) is 0 Å². The maximum Gasteiger partial charge on any atom is 1.00 e. The number of quaternary nitrogens is 2. The molecular formula is C31H53ClI4N2NaO16S2V. The number of carbonyl (C=O) groups excluding carboxylic acids is 4. The van der Waals surface area contributed by atoms with Crippen molar-refractivity contribution >= 4 is 127 Å². The molecule has 18 nitrogen and oxygen atoms in total. The third-order valence-corrected chi connectivity index (χ3v) is 10.9. The molecule has 2 N–H and O–H groups in total. The molecule has 10 atom stereocenters. The molecule has 6 rings (SSSR count). The van der Waals surface area contributed by atoms with Gasteiger partial charge in [-0.3, -0.25) is 19.2 Å². The van der Waals surface area contributed by atoms with Crippen molar-refractivity contribution in [2.24, 2.45) is 11.8 Å². The number of alkyl halides is 1. The average molecular weight is 1390 g/mol. The first kappa shape index (κ1) is 62.4. The predicted octanol–water partition coefficient (Wildman–Crippen LogP) is -6.11. The van der Waals surface area contributed by atoms with Gasteiger partial charge in [0.2, 0.25) is 0 Å². The summed E-state index contributed by atoms with van der Waals surface area (Å²) in [5.74, 6) is -6.17. The zero-order valence-corrected chi connectivity index (χ0v) is 47.9. The minimum atomic E-state index is -4.68. The smallest absolute Gasteiger partial charge is 1.00 e. The SMILES string of the molecule is CC[NH+](CC)CC.CC[NH+](CC)CC.CI.O=C(CS(=O)(=O)[O-])OC1C2CC3C(=O)OC1C3O2.O=C(CS(=O)(=O)[O-])OC1C2CC3C(=O)OC1C3O2.[Cl-].[I][V]([I])[I].[Na+]. The van der Waals surface area contributed by atoms with Crippen LogP contribution in [0.2, 0.25) is 0 Å². The van der Waals surface area contributed by atoms with Gasteiger partial charge in [-0.05, 0) is 59.3 Å². The molecule has 27 heteroatoms. The summed E-state index contributed by atoms with van der Waals surface area (Å²) in [6.45, 7) is 21.0. The van der Waals surface area contributed by atoms with E-state index < -0.39 is 92.5 Å². The Bertz CT molecular complexity index is 1390. The van der Waals surface area contributed by atoms with Gasteiger partial charge in [0, 0.05) is 0 Å². The van der Waals surface area contributed by atoms with Crippen molar-refractivity contribution in [3.05, 3.63) is 0 Å². The molecule has 4 bridgehead atoms. The third-order valence-electron chi connectivity index (χ3n) is 9.69. The van der Waals surface area contributed by atoms with E-state index in [1.54, 1.807) is 9.80 Å². The number of nitrogens with one attached hydrogen (secondary N) is 2. The van der Waals surface area contributed by atoms with E-state index in [1.165, 1.54) is 39.3 Å². The molecule has 0 aromatic rings. The summed E-state index contributed by atoms with van der Waals surface area (Å²) in [6.07, 6.45) is -3.99. The quantitative estimate of drug-likeness (QED) is 0.0461. The van der Waals surface area contributed by atoms with Gasteiger partial charge in [0.25, 0.3) is 0 Å². The maximum absolute atomic E-state index is 11.4. The second-order valence-electron chi connectivity index (χ2n) is 12.9. The number of hydrogen-bond acceptors (Lipinski definition) is 16. The minimum absolute atomic E-state index is 0. The minimum Gasteiger partial charge on any atom is 1.00 e. The largest absolute Gasteiger partial charge is 1.00 e. The topological polar surface area (TPSA) is 247 Å². The first-order valence-electron chi connectivity index (χ1n) is 17.9. The van der Waals surface area contributed by atoms with Gasteiger partial charge in [0.1, 0.15) is 43.9 Å². The van der Waals surface area contributed by atoms with Gasteiger partial charge in [0.15, 0.2) is 24.4 Å². The molecule has 0 aromatic carbocycles. The van der Waals surface area contributed by atoms with Crippen LogP contribution in [0.4, 0.5) is 0 Å². The number of rotatable bonds is 12. The van der Waals surface area contributed by atoms with Crippen molar-refractivity contribution in [1.29, 1.82) is 0 Å². The molecule has 0 aromatic heterocycles. The average Bonchev–Trinajstić information content (AvgIpc) is 3.92. The summed E-state index contributed by atoms with van der Waals surface area (Å²) in [6, 6.07) is 0. The fraction of sp³-hybridized carbons (Fsp3) is 0.871. The predicted molar refractivity (Wildman–Crippen MR) is 229 cm³/mol. The molecule has 0 spiro atoms. The molecule has 336 valence electrons. The number of halogens is 5. The Balaban J connectivity index is 0. The van der Waals surface area contributed by atoms with Gasteiger partial charge in [0.05, 0.1) is 63.3 Å². The number of fused-ring (bicyclic) bond motifs is 2. The Morgan fingerprint density at radius 2 is 0.914 bits per heavy atom. The molecule has 0 amide bonds. The molecule has 0 aliphatic carbocycles. The second kappa shape index (κ2) is 30.5. The van der Waals surface area contributed by atoms with Crippen LogP contribution in [-0.2, 0) is 72.8 Å². The van der Waals surface area contributed by atoms with Gasteiger partial charge < -0.3 is 59.7 Å². The maximum atomic E-state index is 11.4. The summed E-state index contributed by atoms with van der Waals surface area (Å²) in [7, 11) is -9.35. The van der Waals surface area contributed by atoms with Crippen LogP contribution in [0.15, 0.2) is 0 Å². The first-order valence-corrected chi connectivity index (χ1v) is 36.8. The van der Waals surface area contributed by atoms with Crippen molar-refractivity contribution in [2.45, 2.75) is 103 Å². The number of hydrogen-bond donors (Lipinski definition) is 2. The fourth-order valence-corrected chi connectivity index (χ4v) is 7.64. The Morgan fingerprint density at radius 3 is 1.12 bits per heavy atom. The molecule has 58 heavy (non-hydrogen) atoms. The summed E-state index contributed by atoms with van der Waals surface area (Å²) >= 11 is 9.54. The van der Waals surface area contributed by atoms with E-state index in [0.29, 0.717) is 12.8 Å². The van der Waals surface area contributed by atoms with Crippen molar-refractivity contribution in [2.75, 3.05) is 55.7 Å². The van der Waals surface area contributed by atoms with E-state index >= 15 is 0 Å². The Labute approximate surface area is 421 Å². The van der Waals surface area contributed by atoms with E-state index in [9.17, 15) is 45.1 Å². The molecule has 0 saturated carbocycles. The van der Waals surface area contributed by atoms with Gasteiger partial charge in [-0.1, -0.05) is 22.6 Å². The molecule has 6 aliphatic heterocycles. The van der Waals surface area contributed by atoms with Crippen molar-refractivity contribution in [1.82, 2.24) is 0 Å². The van der Waals surface area contributed by atoms with Crippen molar-refractivity contribution in [3.8, 4) is 0 Å². The molecule has 6 fully saturated rings. The molecule has 6 saturated heterocycles. The van der Waals surface area contributed by atoms with Crippen LogP contribution in [0, 0.1) is 11.8 Å². The second-order valence-corrected chi connectivity index (χ2v) is 51.1. The van der Waals surface area contributed by atoms with E-state index in [1.807, 2.05) is 4.93 Å². The first-order chi connectivity index (χ1) is 26.1. The van der Waals surface area contributed by atoms with Crippen LogP contribution >= 0.6 is 82.5 Å². The van der Waals surface area contributed by atoms with Crippen LogP contribution in [0.25, 0.3) is 0 Å². The molecule has 6 aliphatic rings. The molecule has 10 unspecified atom stereocenters. The molecule has 0 radical (unpaired) electrons. The third kappa shape index (κ3) is 20.7. The van der Waals surface area contributed by atoms with Crippen LogP contribution in [0.3, 0.4) is 0 Å². The van der Waals surface area contributed by atoms with Crippen LogP contribution < -0.4 is 51.8 Å². The van der Waals surface area contributed by atoms with Gasteiger partial charge in [-0.25, -0.2) is 16.8 Å². The Morgan fingerprint density at radius 1 is 0.655 bits per heavy atom. The van der Waals surface area contributed by atoms with Crippen LogP contribution in [-0.4, -0.2) is 154 Å². The number of carbonyl (C=O) groups is 4. The summed E-state index contributed by atoms with van der Waals surface area (Å²) in [5, 5.41) is 0. The van der Waals surface area contributed by atoms with E-state index in [0.717, 1.165) is 0 Å². The monoisotopic (exact) mass is 1390 g/mol. The Hall–Kier alpha value is 2.33. The van der Waals surface area contributed by atoms with Gasteiger partial charge in [-0.2, -0.15) is 0 Å². The van der Waals surface area contributed by atoms with Gasteiger partial charge in [-0.15, -0.1) is 0 Å². The summed E-state index contributed by atoms with van der Waals surface area (Å²) in [4.78, 5) is 50.3. The van der Waals surface area contributed by atoms with E-state index in [4.69, 9.17) is 28.4 Å². The summed E-state index contributed by atoms with van der Waals surface area (Å²) in [5.41, 5.74) is 0. The standard InChI is InChI=1S/2C9H10O8S.2C6H15N.CH3I.ClH.3HI.Na.V/c2*10-5(2-18(12,13)14)16-7-4-1-3-6(15-4)8(7)17-9(3)11;2*1-4-7(5-2)6-3;1-2;;;;;;/h2*3-4,6-8H,1-2H2,(H,12,13,14);2*4-6H2,1-3H3;1H3;4*1H;;/q;;;;;;;;;+1;+3/p-4. The van der Waals surface area contributed by atoms with Crippen molar-refractivity contribution < 1.29 is 130 Å². The van der Waals surface area contributed by atoms with E-state index in [2.05, 4.69) is 124 Å². The van der Waals surface area contributed by atoms with Gasteiger partial charge >= 0.3 is 118 Å².